The van der Waals surface area contributed by atoms with Crippen molar-refractivity contribution in [2.75, 3.05) is 23.8 Å². The van der Waals surface area contributed by atoms with E-state index in [1.165, 1.54) is 6.07 Å². The van der Waals surface area contributed by atoms with Gasteiger partial charge >= 0.3 is 0 Å². The molecule has 1 heterocycles. The second-order valence-electron chi connectivity index (χ2n) is 5.20. The maximum Gasteiger partial charge on any atom is 0.150 e. The average Bonchev–Trinajstić information content (AvgIpc) is 2.37. The van der Waals surface area contributed by atoms with Crippen molar-refractivity contribution in [1.82, 2.24) is 4.98 Å². The van der Waals surface area contributed by atoms with E-state index >= 15 is 0 Å². The number of nitrogen functional groups attached to an aromatic ring is 1. The smallest absolute Gasteiger partial charge is 0.150 e. The number of nitrogens with zero attached hydrogens (tertiary/aromatic N) is 2. The van der Waals surface area contributed by atoms with E-state index in [0.29, 0.717) is 23.4 Å². The summed E-state index contributed by atoms with van der Waals surface area (Å²) in [6.45, 7) is 0.409. The highest BCUT2D eigenvalue weighted by Gasteiger charge is 2.28. The van der Waals surface area contributed by atoms with E-state index in [0.717, 1.165) is 24.6 Å². The molecule has 0 unspecified atom stereocenters. The molecule has 1 aliphatic rings. The van der Waals surface area contributed by atoms with E-state index in [1.807, 2.05) is 11.0 Å². The van der Waals surface area contributed by atoms with Gasteiger partial charge in [-0.05, 0) is 37.5 Å². The van der Waals surface area contributed by atoms with Crippen molar-refractivity contribution in [3.05, 3.63) is 30.2 Å². The summed E-state index contributed by atoms with van der Waals surface area (Å²) in [6, 6.07) is 5.27. The Balaban J connectivity index is 2.17. The first-order valence-electron chi connectivity index (χ1n) is 6.92. The minimum atomic E-state index is -0.367. The van der Waals surface area contributed by atoms with E-state index in [4.69, 9.17) is 5.73 Å². The van der Waals surface area contributed by atoms with Gasteiger partial charge in [-0.15, -0.1) is 0 Å². The number of hydrogen-bond donors (Lipinski definition) is 2. The molecule has 0 spiro atoms. The number of benzene rings is 1. The fourth-order valence-electron chi connectivity index (χ4n) is 2.78. The number of aliphatic hydroxyl groups excluding tert-OH is 1. The van der Waals surface area contributed by atoms with Crippen LogP contribution in [0.15, 0.2) is 24.4 Å². The molecule has 5 heteroatoms. The van der Waals surface area contributed by atoms with Crippen LogP contribution in [0, 0.1) is 5.82 Å². The van der Waals surface area contributed by atoms with Crippen LogP contribution in [0.25, 0.3) is 10.9 Å². The molecule has 1 aliphatic carbocycles. The highest BCUT2D eigenvalue weighted by molar-refractivity contribution is 5.99. The molecule has 0 atom stereocenters. The Bertz CT molecular complexity index is 628. The second-order valence-corrected chi connectivity index (χ2v) is 5.20. The number of halogens is 1. The van der Waals surface area contributed by atoms with Gasteiger partial charge in [0.25, 0.3) is 0 Å². The van der Waals surface area contributed by atoms with Gasteiger partial charge in [-0.1, -0.05) is 0 Å². The fourth-order valence-corrected chi connectivity index (χ4v) is 2.78. The van der Waals surface area contributed by atoms with Crippen molar-refractivity contribution in [2.24, 2.45) is 0 Å². The summed E-state index contributed by atoms with van der Waals surface area (Å²) in [6.07, 6.45) is 4.84. The van der Waals surface area contributed by atoms with Crippen molar-refractivity contribution in [1.29, 1.82) is 0 Å². The second kappa shape index (κ2) is 5.25. The van der Waals surface area contributed by atoms with Gasteiger partial charge < -0.3 is 15.7 Å². The third-order valence-electron chi connectivity index (χ3n) is 4.00. The van der Waals surface area contributed by atoms with Crippen molar-refractivity contribution < 1.29 is 9.50 Å². The molecule has 3 rings (SSSR count). The zero-order valence-electron chi connectivity index (χ0n) is 11.2. The Morgan fingerprint density at radius 1 is 1.45 bits per heavy atom. The number of hydrogen-bond acceptors (Lipinski definition) is 4. The van der Waals surface area contributed by atoms with Gasteiger partial charge in [-0.2, -0.15) is 0 Å². The SMILES string of the molecule is Nc1cc(F)c(N(CCO)C2CCC2)c2ncccc12. The maximum absolute atomic E-state index is 14.4. The Labute approximate surface area is 117 Å². The van der Waals surface area contributed by atoms with Gasteiger partial charge in [0.15, 0.2) is 5.82 Å². The molecule has 0 radical (unpaired) electrons. The van der Waals surface area contributed by atoms with E-state index < -0.39 is 0 Å². The third kappa shape index (κ3) is 2.08. The summed E-state index contributed by atoms with van der Waals surface area (Å²) in [4.78, 5) is 6.24. The first-order chi connectivity index (χ1) is 9.72. The lowest BCUT2D eigenvalue weighted by Gasteiger charge is -2.39. The van der Waals surface area contributed by atoms with E-state index in [1.54, 1.807) is 12.3 Å². The molecule has 1 saturated carbocycles. The summed E-state index contributed by atoms with van der Waals surface area (Å²) in [5.74, 6) is -0.367. The molecule has 0 aliphatic heterocycles. The molecule has 106 valence electrons. The first kappa shape index (κ1) is 13.1. The fraction of sp³-hybridized carbons (Fsp3) is 0.400. The zero-order valence-corrected chi connectivity index (χ0v) is 11.2. The number of rotatable bonds is 4. The van der Waals surface area contributed by atoms with Gasteiger partial charge in [0, 0.05) is 29.9 Å². The van der Waals surface area contributed by atoms with E-state index in [-0.39, 0.29) is 18.5 Å². The van der Waals surface area contributed by atoms with Crippen LogP contribution in [0.2, 0.25) is 0 Å². The summed E-state index contributed by atoms with van der Waals surface area (Å²) < 4.78 is 14.4. The third-order valence-corrected chi connectivity index (χ3v) is 4.00. The normalized spacial score (nSPS) is 15.3. The number of aliphatic hydroxyl groups is 1. The topological polar surface area (TPSA) is 62.4 Å². The predicted octanol–water partition coefficient (Wildman–Crippen LogP) is 2.31. The largest absolute Gasteiger partial charge is 0.398 e. The Morgan fingerprint density at radius 2 is 2.25 bits per heavy atom. The Morgan fingerprint density at radius 3 is 2.90 bits per heavy atom. The summed E-state index contributed by atoms with van der Waals surface area (Å²) in [5.41, 5.74) is 7.31. The van der Waals surface area contributed by atoms with E-state index in [9.17, 15) is 9.50 Å². The van der Waals surface area contributed by atoms with Crippen LogP contribution in [0.4, 0.5) is 15.8 Å². The number of anilines is 2. The highest BCUT2D eigenvalue weighted by Crippen LogP contribution is 2.37. The van der Waals surface area contributed by atoms with Crippen LogP contribution < -0.4 is 10.6 Å². The first-order valence-corrected chi connectivity index (χ1v) is 6.92. The molecule has 20 heavy (non-hydrogen) atoms. The molecule has 0 amide bonds. The minimum Gasteiger partial charge on any atom is -0.398 e. The van der Waals surface area contributed by atoms with Crippen LogP contribution in [0.3, 0.4) is 0 Å². The van der Waals surface area contributed by atoms with Crippen LogP contribution in [0.5, 0.6) is 0 Å². The quantitative estimate of drug-likeness (QED) is 0.841. The lowest BCUT2D eigenvalue weighted by atomic mass is 9.90. The van der Waals surface area contributed by atoms with Gasteiger partial charge in [0.2, 0.25) is 0 Å². The molecule has 0 saturated heterocycles. The van der Waals surface area contributed by atoms with Crippen molar-refractivity contribution >= 4 is 22.3 Å². The predicted molar refractivity (Wildman–Crippen MR) is 78.2 cm³/mol. The average molecular weight is 275 g/mol. The number of nitrogens with two attached hydrogens (primary N) is 1. The molecular formula is C15H18FN3O. The van der Waals surface area contributed by atoms with Gasteiger partial charge in [-0.25, -0.2) is 4.39 Å². The lowest BCUT2D eigenvalue weighted by molar-refractivity contribution is 0.283. The van der Waals surface area contributed by atoms with Gasteiger partial charge in [-0.3, -0.25) is 4.98 Å². The number of pyridine rings is 1. The Hall–Kier alpha value is -1.88. The lowest BCUT2D eigenvalue weighted by Crippen LogP contribution is -2.42. The van der Waals surface area contributed by atoms with Crippen LogP contribution in [0.1, 0.15) is 19.3 Å². The van der Waals surface area contributed by atoms with Gasteiger partial charge in [0.05, 0.1) is 12.1 Å². The summed E-state index contributed by atoms with van der Waals surface area (Å²) in [5, 5.41) is 10.0. The number of fused-ring (bicyclic) bond motifs is 1. The molecule has 4 nitrogen and oxygen atoms in total. The molecule has 1 fully saturated rings. The van der Waals surface area contributed by atoms with Crippen molar-refractivity contribution in [3.8, 4) is 0 Å². The number of aromatic nitrogens is 1. The molecule has 3 N–H and O–H groups in total. The molecule has 0 bridgehead atoms. The van der Waals surface area contributed by atoms with Crippen LogP contribution in [-0.4, -0.2) is 29.3 Å². The van der Waals surface area contributed by atoms with Crippen LogP contribution >= 0.6 is 0 Å². The summed E-state index contributed by atoms with van der Waals surface area (Å²) >= 11 is 0. The highest BCUT2D eigenvalue weighted by atomic mass is 19.1. The molecule has 1 aromatic carbocycles. The van der Waals surface area contributed by atoms with Crippen LogP contribution in [-0.2, 0) is 0 Å². The van der Waals surface area contributed by atoms with Crippen molar-refractivity contribution in [2.45, 2.75) is 25.3 Å². The van der Waals surface area contributed by atoms with Crippen molar-refractivity contribution in [3.63, 3.8) is 0 Å². The molecule has 1 aromatic heterocycles. The monoisotopic (exact) mass is 275 g/mol. The summed E-state index contributed by atoms with van der Waals surface area (Å²) in [7, 11) is 0. The standard InChI is InChI=1S/C15H18FN3O/c16-12-9-13(17)11-5-2-6-18-14(11)15(12)19(7-8-20)10-3-1-4-10/h2,5-6,9-10,20H,1,3-4,7-8,17H2. The minimum absolute atomic E-state index is 0.00531. The van der Waals surface area contributed by atoms with E-state index in [2.05, 4.69) is 4.98 Å². The molecule has 2 aromatic rings. The van der Waals surface area contributed by atoms with Gasteiger partial charge in [0.1, 0.15) is 5.69 Å². The zero-order chi connectivity index (χ0) is 14.1. The Kier molecular flexibility index (Phi) is 3.44. The molecular weight excluding hydrogens is 257 g/mol. The maximum atomic E-state index is 14.4.